The van der Waals surface area contributed by atoms with Crippen molar-refractivity contribution in [2.75, 3.05) is 41.5 Å². The predicted octanol–water partition coefficient (Wildman–Crippen LogP) is 7.53. The van der Waals surface area contributed by atoms with Crippen LogP contribution >= 0.6 is 0 Å². The van der Waals surface area contributed by atoms with Crippen LogP contribution in [0.5, 0.6) is 23.0 Å². The molecule has 0 radical (unpaired) electrons. The minimum atomic E-state index is -0.361. The van der Waals surface area contributed by atoms with Gasteiger partial charge < -0.3 is 38.6 Å². The second-order valence-corrected chi connectivity index (χ2v) is 13.7. The van der Waals surface area contributed by atoms with Crippen molar-refractivity contribution in [1.29, 1.82) is 0 Å². The summed E-state index contributed by atoms with van der Waals surface area (Å²) in [4.78, 5) is 0. The number of benzene rings is 2. The quantitative estimate of drug-likeness (QED) is 0.116. The minimum absolute atomic E-state index is 0.0850. The Balaban J connectivity index is 1.65. The van der Waals surface area contributed by atoms with E-state index in [1.54, 1.807) is 21.3 Å². The lowest BCUT2D eigenvalue weighted by Gasteiger charge is -2.55. The van der Waals surface area contributed by atoms with E-state index in [0.717, 1.165) is 65.7 Å². The Morgan fingerprint density at radius 2 is 1.51 bits per heavy atom. The Morgan fingerprint density at radius 1 is 0.894 bits per heavy atom. The molecule has 1 fully saturated rings. The minimum Gasteiger partial charge on any atom is -0.493 e. The van der Waals surface area contributed by atoms with E-state index in [0.29, 0.717) is 23.7 Å². The summed E-state index contributed by atoms with van der Waals surface area (Å²) >= 11 is 0. The van der Waals surface area contributed by atoms with Gasteiger partial charge in [0.2, 0.25) is 0 Å². The van der Waals surface area contributed by atoms with Gasteiger partial charge in [0.05, 0.1) is 19.8 Å². The third-order valence-electron chi connectivity index (χ3n) is 9.80. The first-order chi connectivity index (χ1) is 22.4. The molecule has 0 bridgehead atoms. The van der Waals surface area contributed by atoms with Crippen LogP contribution in [-0.4, -0.2) is 63.4 Å². The molecule has 1 saturated carbocycles. The van der Waals surface area contributed by atoms with E-state index in [4.69, 9.17) is 28.4 Å². The van der Waals surface area contributed by atoms with Crippen molar-refractivity contribution in [3.63, 3.8) is 0 Å². The smallest absolute Gasteiger partial charge is 0.188 e. The molecule has 2 aromatic carbocycles. The van der Waals surface area contributed by atoms with Crippen LogP contribution < -0.4 is 18.9 Å². The molecule has 0 saturated heterocycles. The van der Waals surface area contributed by atoms with E-state index < -0.39 is 0 Å². The van der Waals surface area contributed by atoms with Gasteiger partial charge in [-0.15, -0.1) is 0 Å². The van der Waals surface area contributed by atoms with Gasteiger partial charge in [0.1, 0.15) is 17.1 Å². The molecule has 1 aliphatic carbocycles. The Morgan fingerprint density at radius 3 is 2.11 bits per heavy atom. The van der Waals surface area contributed by atoms with E-state index >= 15 is 0 Å². The van der Waals surface area contributed by atoms with E-state index in [-0.39, 0.29) is 43.2 Å². The topological polar surface area (TPSA) is 95.8 Å². The van der Waals surface area contributed by atoms with Crippen molar-refractivity contribution in [2.24, 2.45) is 11.3 Å². The zero-order valence-electron chi connectivity index (χ0n) is 29.5. The maximum absolute atomic E-state index is 10.9. The second kappa shape index (κ2) is 16.2. The highest BCUT2D eigenvalue weighted by Crippen LogP contribution is 2.55. The van der Waals surface area contributed by atoms with Gasteiger partial charge in [-0.05, 0) is 106 Å². The molecule has 0 amide bonds. The van der Waals surface area contributed by atoms with Gasteiger partial charge in [-0.25, -0.2) is 0 Å². The Hall–Kier alpha value is -3.30. The van der Waals surface area contributed by atoms with Gasteiger partial charge in [-0.2, -0.15) is 0 Å². The lowest BCUT2D eigenvalue weighted by atomic mass is 9.57. The van der Waals surface area contributed by atoms with Crippen molar-refractivity contribution in [2.45, 2.75) is 84.8 Å². The summed E-state index contributed by atoms with van der Waals surface area (Å²) in [5.74, 6) is 3.03. The number of allylic oxidation sites excluding steroid dienone is 3. The Bertz CT molecular complexity index is 1430. The number of fused-ring (bicyclic) bond motifs is 2. The highest BCUT2D eigenvalue weighted by atomic mass is 16.7. The molecule has 1 heterocycles. The average molecular weight is 651 g/mol. The molecule has 1 aliphatic heterocycles. The zero-order valence-corrected chi connectivity index (χ0v) is 29.5. The van der Waals surface area contributed by atoms with Crippen molar-refractivity contribution < 1.29 is 38.6 Å². The molecule has 0 spiro atoms. The highest BCUT2D eigenvalue weighted by molar-refractivity contribution is 5.74. The molecule has 2 N–H and O–H groups in total. The second-order valence-electron chi connectivity index (χ2n) is 13.7. The fourth-order valence-electron chi connectivity index (χ4n) is 6.86. The summed E-state index contributed by atoms with van der Waals surface area (Å²) in [6.45, 7) is 10.8. The molecule has 8 nitrogen and oxygen atoms in total. The third kappa shape index (κ3) is 8.79. The first-order valence-electron chi connectivity index (χ1n) is 16.5. The van der Waals surface area contributed by atoms with Gasteiger partial charge >= 0.3 is 0 Å². The van der Waals surface area contributed by atoms with Crippen molar-refractivity contribution in [3.8, 4) is 23.0 Å². The SMILES string of the molecule is COCOc1cc(/C=C/c2cc3c(c(OC)c2)O[C@]2(C)CC[C@@H](O)C(C)(C)[C@H]2C3)cc(OCOC)c1C/C=C(\C)CC/C=C(\C)CO. The van der Waals surface area contributed by atoms with E-state index in [1.807, 2.05) is 31.2 Å². The molecule has 47 heavy (non-hydrogen) atoms. The summed E-state index contributed by atoms with van der Waals surface area (Å²) in [6.07, 6.45) is 12.7. The first-order valence-corrected chi connectivity index (χ1v) is 16.5. The van der Waals surface area contributed by atoms with Crippen LogP contribution in [0.4, 0.5) is 0 Å². The van der Waals surface area contributed by atoms with Crippen LogP contribution in [0.1, 0.15) is 82.6 Å². The zero-order chi connectivity index (χ0) is 34.2. The molecule has 2 aliphatic rings. The number of hydrogen-bond donors (Lipinski definition) is 2. The van der Waals surface area contributed by atoms with Crippen molar-refractivity contribution in [1.82, 2.24) is 0 Å². The third-order valence-corrected chi connectivity index (χ3v) is 9.80. The van der Waals surface area contributed by atoms with Crippen molar-refractivity contribution >= 4 is 12.2 Å². The van der Waals surface area contributed by atoms with E-state index in [2.05, 4.69) is 52.0 Å². The monoisotopic (exact) mass is 650 g/mol. The molecule has 8 heteroatoms. The Kier molecular flexibility index (Phi) is 12.6. The van der Waals surface area contributed by atoms with Gasteiger partial charge in [0.15, 0.2) is 25.1 Å². The fourth-order valence-corrected chi connectivity index (χ4v) is 6.86. The summed E-state index contributed by atoms with van der Waals surface area (Å²) in [5, 5.41) is 20.1. The van der Waals surface area contributed by atoms with Crippen molar-refractivity contribution in [3.05, 3.63) is 69.8 Å². The van der Waals surface area contributed by atoms with E-state index in [1.165, 1.54) is 5.57 Å². The number of ether oxygens (including phenoxy) is 6. The van der Waals surface area contributed by atoms with Gasteiger partial charge in [0, 0.05) is 25.7 Å². The fraction of sp³-hybridized carbons (Fsp3) is 0.538. The highest BCUT2D eigenvalue weighted by Gasteiger charge is 2.54. The number of hydrogen-bond acceptors (Lipinski definition) is 8. The predicted molar refractivity (Wildman–Crippen MR) is 186 cm³/mol. The molecule has 3 atom stereocenters. The summed E-state index contributed by atoms with van der Waals surface area (Å²) < 4.78 is 35.2. The van der Waals surface area contributed by atoms with Crippen LogP contribution in [0.25, 0.3) is 12.2 Å². The molecular weight excluding hydrogens is 596 g/mol. The maximum Gasteiger partial charge on any atom is 0.188 e. The largest absolute Gasteiger partial charge is 0.493 e. The van der Waals surface area contributed by atoms with Crippen LogP contribution in [-0.2, 0) is 22.3 Å². The Labute approximate surface area is 281 Å². The number of aliphatic hydroxyl groups excluding tert-OH is 2. The average Bonchev–Trinajstić information content (AvgIpc) is 3.05. The first kappa shape index (κ1) is 36.5. The van der Waals surface area contributed by atoms with Crippen LogP contribution in [0.2, 0.25) is 0 Å². The van der Waals surface area contributed by atoms with E-state index in [9.17, 15) is 10.2 Å². The standard InChI is InChI=1S/C39H54O8/c1-26(10-9-11-27(2)23-40)12-15-31-32(45-24-42-6)19-29(20-33(31)46-25-43-7)14-13-28-18-30-22-35-38(3,4)36(41)16-17-39(35,5)47-37(30)34(21-28)44-8/h11-14,18-21,35-36,40-41H,9-10,15-17,22-25H2,1-8H3/b14-13+,26-12+,27-11+/t35-,36-,39-/m1/s1. The summed E-state index contributed by atoms with van der Waals surface area (Å²) in [5.41, 5.74) is 5.46. The molecule has 2 aromatic rings. The maximum atomic E-state index is 10.9. The summed E-state index contributed by atoms with van der Waals surface area (Å²) in [7, 11) is 4.88. The number of aliphatic hydroxyl groups is 2. The summed E-state index contributed by atoms with van der Waals surface area (Å²) in [6, 6.07) is 8.16. The van der Waals surface area contributed by atoms with Crippen LogP contribution in [0.15, 0.2) is 47.6 Å². The van der Waals surface area contributed by atoms with Gasteiger partial charge in [0.25, 0.3) is 0 Å². The molecular formula is C39H54O8. The molecule has 4 rings (SSSR count). The number of rotatable bonds is 15. The number of methoxy groups -OCH3 is 3. The van der Waals surface area contributed by atoms with Gasteiger partial charge in [-0.3, -0.25) is 0 Å². The lowest BCUT2D eigenvalue weighted by Crippen LogP contribution is -2.58. The molecule has 0 aromatic heterocycles. The van der Waals surface area contributed by atoms with Gasteiger partial charge in [-0.1, -0.05) is 49.3 Å². The normalized spacial score (nSPS) is 22.4. The molecule has 0 unspecified atom stereocenters. The van der Waals surface area contributed by atoms with Crippen LogP contribution in [0.3, 0.4) is 0 Å². The van der Waals surface area contributed by atoms with Crippen LogP contribution in [0, 0.1) is 11.3 Å². The molecule has 258 valence electrons. The lowest BCUT2D eigenvalue weighted by molar-refractivity contribution is -0.138.